The van der Waals surface area contributed by atoms with Gasteiger partial charge in [0, 0.05) is 0 Å². The van der Waals surface area contributed by atoms with Gasteiger partial charge in [0.05, 0.1) is 0 Å². The molecule has 0 heterocycles. The quantitative estimate of drug-likeness (QED) is 0.268. The zero-order valence-corrected chi connectivity index (χ0v) is 23.2. The van der Waals surface area contributed by atoms with Crippen LogP contribution in [0.15, 0.2) is 0 Å². The Kier molecular flexibility index (Phi) is 12.1. The smallest absolute Gasteiger partial charge is 0.0267 e. The maximum atomic E-state index is 2.63. The van der Waals surface area contributed by atoms with Gasteiger partial charge in [0.15, 0.2) is 0 Å². The largest absolute Gasteiger partial charge is 0.0654 e. The molecule has 0 rings (SSSR count). The van der Waals surface area contributed by atoms with E-state index in [0.717, 1.165) is 47.3 Å². The average molecular weight is 409 g/mol. The molecule has 9 unspecified atom stereocenters. The van der Waals surface area contributed by atoms with Gasteiger partial charge in [-0.05, 0) is 64.6 Å². The molecule has 29 heavy (non-hydrogen) atoms. The van der Waals surface area contributed by atoms with Gasteiger partial charge in [0.25, 0.3) is 0 Å². The molecule has 0 saturated carbocycles. The van der Waals surface area contributed by atoms with E-state index in [1.54, 1.807) is 0 Å². The lowest BCUT2D eigenvalue weighted by molar-refractivity contribution is -0.0346. The molecule has 0 N–H and O–H groups in total. The molecule has 0 amide bonds. The Hall–Kier alpha value is 0. The summed E-state index contributed by atoms with van der Waals surface area (Å²) >= 11 is 0. The summed E-state index contributed by atoms with van der Waals surface area (Å²) in [6, 6.07) is 0. The molecule has 0 fully saturated rings. The van der Waals surface area contributed by atoms with Crippen LogP contribution in [0, 0.1) is 58.2 Å². The van der Waals surface area contributed by atoms with E-state index in [4.69, 9.17) is 0 Å². The van der Waals surface area contributed by atoms with Crippen molar-refractivity contribution in [3.8, 4) is 0 Å². The summed E-state index contributed by atoms with van der Waals surface area (Å²) in [6.45, 7) is 35.0. The minimum absolute atomic E-state index is 0.406. The Balaban J connectivity index is 5.79. The first-order valence-corrected chi connectivity index (χ1v) is 13.3. The average Bonchev–Trinajstić information content (AvgIpc) is 2.72. The molecule has 176 valence electrons. The fourth-order valence-electron chi connectivity index (χ4n) is 6.29. The van der Waals surface area contributed by atoms with Crippen LogP contribution >= 0.6 is 0 Å². The van der Waals surface area contributed by atoms with Gasteiger partial charge in [-0.15, -0.1) is 0 Å². The fourth-order valence-corrected chi connectivity index (χ4v) is 6.29. The standard InChI is InChI=1S/C29H60/c1-15-19-27(29(14,18-4)26(11)28(12,13)17-3)25(10)24(9)23(8)22(7)21(6)20(5)16-2/h20-27H,15-19H2,1-14H3. The number of rotatable bonds is 14. The SMILES string of the molecule is CCCC(C(C)C(C)C(C)C(C)C(C)C(C)CC)C(C)(CC)C(C)C(C)(C)CC. The van der Waals surface area contributed by atoms with Crippen molar-refractivity contribution in [2.24, 2.45) is 58.2 Å². The van der Waals surface area contributed by atoms with Crippen LogP contribution in [0.2, 0.25) is 0 Å². The second kappa shape index (κ2) is 12.1. The molecule has 0 aliphatic rings. The highest BCUT2D eigenvalue weighted by atomic mass is 14.5. The molecular formula is C29H60. The van der Waals surface area contributed by atoms with Crippen molar-refractivity contribution in [3.63, 3.8) is 0 Å². The Morgan fingerprint density at radius 3 is 1.41 bits per heavy atom. The third kappa shape index (κ3) is 6.74. The summed E-state index contributed by atoms with van der Waals surface area (Å²) in [5.74, 6) is 6.31. The van der Waals surface area contributed by atoms with Crippen molar-refractivity contribution >= 4 is 0 Å². The van der Waals surface area contributed by atoms with Crippen LogP contribution in [0.4, 0.5) is 0 Å². The summed E-state index contributed by atoms with van der Waals surface area (Å²) in [5.41, 5.74) is 0.818. The number of hydrogen-bond acceptors (Lipinski definition) is 0. The summed E-state index contributed by atoms with van der Waals surface area (Å²) in [6.07, 6.45) is 6.56. The molecule has 0 aliphatic heterocycles. The van der Waals surface area contributed by atoms with Gasteiger partial charge in [0.1, 0.15) is 0 Å². The summed E-state index contributed by atoms with van der Waals surface area (Å²) < 4.78 is 0. The lowest BCUT2D eigenvalue weighted by Crippen LogP contribution is -2.45. The topological polar surface area (TPSA) is 0 Å². The van der Waals surface area contributed by atoms with Crippen LogP contribution in [0.1, 0.15) is 129 Å². The van der Waals surface area contributed by atoms with E-state index >= 15 is 0 Å². The van der Waals surface area contributed by atoms with Gasteiger partial charge >= 0.3 is 0 Å². The maximum absolute atomic E-state index is 2.63. The molecule has 0 aromatic rings. The normalized spacial score (nSPS) is 23.4. The van der Waals surface area contributed by atoms with E-state index in [0.29, 0.717) is 10.8 Å². The first kappa shape index (κ1) is 29.0. The third-order valence-corrected chi connectivity index (χ3v) is 10.8. The van der Waals surface area contributed by atoms with Crippen LogP contribution in [0.3, 0.4) is 0 Å². The number of hydrogen-bond donors (Lipinski definition) is 0. The Labute approximate surface area is 187 Å². The van der Waals surface area contributed by atoms with E-state index in [9.17, 15) is 0 Å². The van der Waals surface area contributed by atoms with E-state index in [1.165, 1.54) is 32.1 Å². The van der Waals surface area contributed by atoms with E-state index in [-0.39, 0.29) is 0 Å². The van der Waals surface area contributed by atoms with Crippen LogP contribution < -0.4 is 0 Å². The lowest BCUT2D eigenvalue weighted by Gasteiger charge is -2.52. The molecule has 9 atom stereocenters. The second-order valence-electron chi connectivity index (χ2n) is 12.0. The van der Waals surface area contributed by atoms with Gasteiger partial charge in [-0.3, -0.25) is 0 Å². The molecule has 0 nitrogen and oxygen atoms in total. The zero-order valence-electron chi connectivity index (χ0n) is 23.2. The van der Waals surface area contributed by atoms with Gasteiger partial charge in [-0.1, -0.05) is 123 Å². The van der Waals surface area contributed by atoms with Gasteiger partial charge in [-0.25, -0.2) is 0 Å². The fraction of sp³-hybridized carbons (Fsp3) is 1.00. The summed E-state index contributed by atoms with van der Waals surface area (Å²) in [5, 5.41) is 0. The molecule has 0 spiro atoms. The van der Waals surface area contributed by atoms with Gasteiger partial charge in [0.2, 0.25) is 0 Å². The maximum Gasteiger partial charge on any atom is -0.0267 e. The van der Waals surface area contributed by atoms with Crippen molar-refractivity contribution in [1.82, 2.24) is 0 Å². The van der Waals surface area contributed by atoms with Crippen molar-refractivity contribution in [2.45, 2.75) is 129 Å². The molecule has 0 aliphatic carbocycles. The van der Waals surface area contributed by atoms with E-state index < -0.39 is 0 Å². The first-order chi connectivity index (χ1) is 13.3. The second-order valence-corrected chi connectivity index (χ2v) is 12.0. The predicted octanol–water partition coefficient (Wildman–Crippen LogP) is 10.1. The lowest BCUT2D eigenvalue weighted by atomic mass is 9.53. The van der Waals surface area contributed by atoms with Crippen LogP contribution in [0.25, 0.3) is 0 Å². The molecule has 0 heteroatoms. The minimum atomic E-state index is 0.406. The summed E-state index contributed by atoms with van der Waals surface area (Å²) in [7, 11) is 0. The van der Waals surface area contributed by atoms with Crippen LogP contribution in [-0.4, -0.2) is 0 Å². The Morgan fingerprint density at radius 1 is 0.586 bits per heavy atom. The molecule has 0 aromatic heterocycles. The van der Waals surface area contributed by atoms with Crippen LogP contribution in [0.5, 0.6) is 0 Å². The van der Waals surface area contributed by atoms with Crippen molar-refractivity contribution < 1.29 is 0 Å². The van der Waals surface area contributed by atoms with E-state index in [1.807, 2.05) is 0 Å². The highest BCUT2D eigenvalue weighted by Gasteiger charge is 2.46. The van der Waals surface area contributed by atoms with Gasteiger partial charge < -0.3 is 0 Å². The Bertz CT molecular complexity index is 435. The molecule has 0 saturated heterocycles. The summed E-state index contributed by atoms with van der Waals surface area (Å²) in [4.78, 5) is 0. The van der Waals surface area contributed by atoms with Crippen molar-refractivity contribution in [1.29, 1.82) is 0 Å². The van der Waals surface area contributed by atoms with Crippen molar-refractivity contribution in [3.05, 3.63) is 0 Å². The third-order valence-electron chi connectivity index (χ3n) is 10.8. The highest BCUT2D eigenvalue weighted by molar-refractivity contribution is 4.95. The van der Waals surface area contributed by atoms with Crippen molar-refractivity contribution in [2.75, 3.05) is 0 Å². The first-order valence-electron chi connectivity index (χ1n) is 13.3. The predicted molar refractivity (Wildman–Crippen MR) is 135 cm³/mol. The molecule has 0 radical (unpaired) electrons. The van der Waals surface area contributed by atoms with E-state index in [2.05, 4.69) is 96.9 Å². The monoisotopic (exact) mass is 408 g/mol. The molecule has 0 bridgehead atoms. The minimum Gasteiger partial charge on any atom is -0.0654 e. The molecular weight excluding hydrogens is 348 g/mol. The zero-order chi connectivity index (χ0) is 23.2. The van der Waals surface area contributed by atoms with Crippen LogP contribution in [-0.2, 0) is 0 Å². The Morgan fingerprint density at radius 2 is 1.03 bits per heavy atom. The molecule has 0 aromatic carbocycles. The highest BCUT2D eigenvalue weighted by Crippen LogP contribution is 2.54. The van der Waals surface area contributed by atoms with Gasteiger partial charge in [-0.2, -0.15) is 0 Å².